The Morgan fingerprint density at radius 1 is 0.366 bits per heavy atom. The summed E-state index contributed by atoms with van der Waals surface area (Å²) < 4.78 is 0. The van der Waals surface area contributed by atoms with E-state index < -0.39 is 150 Å². The Kier molecular flexibility index (Phi) is 40.2. The summed E-state index contributed by atoms with van der Waals surface area (Å²) in [6.07, 6.45) is 18.1. The molecule has 0 aromatic heterocycles. The number of Topliss-reactive ketones (excluding diaryl/α,β-unsaturated/α-hetero) is 3. The first-order valence-corrected chi connectivity index (χ1v) is 47.0. The van der Waals surface area contributed by atoms with E-state index in [0.717, 1.165) is 4.90 Å². The van der Waals surface area contributed by atoms with Crippen LogP contribution in [0.3, 0.4) is 0 Å². The van der Waals surface area contributed by atoms with Gasteiger partial charge in [-0.3, -0.25) is 120 Å². The van der Waals surface area contributed by atoms with Crippen LogP contribution in [0.25, 0.3) is 0 Å². The lowest BCUT2D eigenvalue weighted by Gasteiger charge is -2.32. The second kappa shape index (κ2) is 50.9. The Morgan fingerprint density at radius 2 is 0.748 bits per heavy atom. The molecule has 19 amide bonds. The van der Waals surface area contributed by atoms with E-state index in [9.17, 15) is 96.2 Å². The van der Waals surface area contributed by atoms with Crippen LogP contribution in [0.2, 0.25) is 0 Å². The summed E-state index contributed by atoms with van der Waals surface area (Å²) in [5.41, 5.74) is 0. The quantitative estimate of drug-likeness (QED) is 0.0303. The molecule has 0 aromatic rings. The minimum Gasteiger partial charge on any atom is -0.391 e. The lowest BCUT2D eigenvalue weighted by Crippen LogP contribution is -2.60. The van der Waals surface area contributed by atoms with Crippen molar-refractivity contribution < 1.29 is 111 Å². The number of carbonyl (C=O) groups excluding carboxylic acids is 22. The number of hydrogen-bond donors (Lipinski definition) is 11. The number of nitrogens with zero attached hydrogens (tertiary/aromatic N) is 5. The molecule has 5 fully saturated rings. The van der Waals surface area contributed by atoms with Gasteiger partial charge in [-0.05, 0) is 230 Å². The first-order valence-electron chi connectivity index (χ1n) is 47.0. The number of imide groups is 4. The highest BCUT2D eigenvalue weighted by Crippen LogP contribution is 2.36. The van der Waals surface area contributed by atoms with Crippen molar-refractivity contribution in [3.8, 4) is 0 Å². The molecule has 718 valence electrons. The normalized spacial score (nSPS) is 23.6. The molecule has 8 unspecified atom stereocenters. The Morgan fingerprint density at radius 3 is 1.15 bits per heavy atom. The average Bonchev–Trinajstić information content (AvgIpc) is 1.71. The minimum absolute atomic E-state index is 0.00498. The van der Waals surface area contributed by atoms with Crippen LogP contribution in [0.4, 0.5) is 0 Å². The first kappa shape index (κ1) is 103. The van der Waals surface area contributed by atoms with E-state index in [-0.39, 0.29) is 217 Å². The van der Waals surface area contributed by atoms with Crippen molar-refractivity contribution in [3.05, 3.63) is 48.6 Å². The van der Waals surface area contributed by atoms with Crippen molar-refractivity contribution in [2.45, 2.75) is 276 Å². The summed E-state index contributed by atoms with van der Waals surface area (Å²) in [5.74, 6) is -14.2. The number of rotatable bonds is 51. The van der Waals surface area contributed by atoms with Crippen molar-refractivity contribution in [3.63, 3.8) is 0 Å². The summed E-state index contributed by atoms with van der Waals surface area (Å²) in [6.45, 7) is 7.78. The number of hydrogen-bond acceptors (Lipinski definition) is 23. The number of carbonyl (C=O) groups is 22. The number of aliphatic hydroxyl groups is 1. The average molecular weight is 1830 g/mol. The van der Waals surface area contributed by atoms with Crippen molar-refractivity contribution in [1.82, 2.24) is 77.7 Å². The maximum absolute atomic E-state index is 15.5. The van der Waals surface area contributed by atoms with Crippen LogP contribution in [-0.2, 0) is 105 Å². The second-order valence-electron chi connectivity index (χ2n) is 37.3. The highest BCUT2D eigenvalue weighted by molar-refractivity contribution is 6.15. The Labute approximate surface area is 763 Å². The zero-order valence-corrected chi connectivity index (χ0v) is 76.1. The Hall–Kier alpha value is -11.3. The lowest BCUT2D eigenvalue weighted by molar-refractivity contribution is -0.143. The third-order valence-corrected chi connectivity index (χ3v) is 26.7. The van der Waals surface area contributed by atoms with Gasteiger partial charge in [-0.25, -0.2) is 0 Å². The molecular weight excluding hydrogens is 1700 g/mol. The molecule has 0 aromatic carbocycles. The molecule has 1 saturated heterocycles. The van der Waals surface area contributed by atoms with Gasteiger partial charge in [-0.15, -0.1) is 0 Å². The fourth-order valence-corrected chi connectivity index (χ4v) is 18.9. The van der Waals surface area contributed by atoms with Crippen molar-refractivity contribution in [2.24, 2.45) is 59.2 Å². The molecule has 0 radical (unpaired) electrons. The standard InChI is InChI=1S/C93H133N15O23/c1-55(2)47-71(93(131)104-46-12-16-72(104)91(129)101-70(34-17-56(3)109)90(128)103-83(58(5)111)92(130)98-50-74(113)97-49-57(4)110)102-88(126)67(48-73(112)68(99-86(124)65-30-22-61(23-31-65)53-107-79(118)39-40-80(107)119)14-7-10-43-94-84(122)63-26-18-59(19-27-63)51-105-75(114)35-36-76(105)115)13-6-9-45-96-89(127)69(100-87(125)66-32-24-62(25-33-66)54-108-81(120)41-42-82(108)121)15-8-11-44-95-85(123)64-28-20-60(21-29-64)52-106-77(116)37-38-78(106)117/h35-42,55,58-72,83,111H,6-34,43-54H2,1-5H3,(H,94,122)(H,95,123)(H,96,127)(H,97,113)(H,98,130)(H,99,124)(H,100,125)(H,101,129)(H,102,126)(H,103,128). The third kappa shape index (κ3) is 31.7. The van der Waals surface area contributed by atoms with Gasteiger partial charge in [0.1, 0.15) is 41.8 Å². The number of amides is 19. The van der Waals surface area contributed by atoms with Crippen molar-refractivity contribution in [2.75, 3.05) is 65.4 Å². The summed E-state index contributed by atoms with van der Waals surface area (Å²) in [6, 6.07) is -8.04. The van der Waals surface area contributed by atoms with Gasteiger partial charge >= 0.3 is 0 Å². The smallest absolute Gasteiger partial charge is 0.253 e. The molecule has 4 saturated carbocycles. The van der Waals surface area contributed by atoms with E-state index in [0.29, 0.717) is 128 Å². The number of aliphatic hydroxyl groups excluding tert-OH is 1. The molecule has 0 spiro atoms. The SMILES string of the molecule is CC(=O)CCC(NC(=O)C1CCCN1C(=O)C(CC(C)C)NC(=O)C(CCCCNC(=O)C(CCCCNC(=O)C1CCC(CN2C(=O)C=CC2=O)CC1)NC(=O)C1CCC(CN2C(=O)C=CC2=O)CC1)CC(=O)C(CCCCNC(=O)C1CCC(CN2C(=O)C=CC2=O)CC1)NC(=O)C1CCC(CN2C(=O)C=CC2=O)CC1)C(=O)NC(C(=O)NCC(=O)NCC(C)=O)C(C)O. The molecule has 131 heavy (non-hydrogen) atoms. The third-order valence-electron chi connectivity index (χ3n) is 26.7. The maximum atomic E-state index is 15.5. The van der Waals surface area contributed by atoms with E-state index in [1.807, 2.05) is 0 Å². The molecule has 5 heterocycles. The molecule has 9 rings (SSSR count). The van der Waals surface area contributed by atoms with E-state index in [4.69, 9.17) is 0 Å². The molecule has 38 heteroatoms. The molecular formula is C93H133N15O23. The van der Waals surface area contributed by atoms with Crippen LogP contribution in [0.15, 0.2) is 48.6 Å². The van der Waals surface area contributed by atoms with Crippen LogP contribution in [0, 0.1) is 59.2 Å². The predicted molar refractivity (Wildman–Crippen MR) is 471 cm³/mol. The fraction of sp³-hybridized carbons (Fsp3) is 0.677. The topological polar surface area (TPSA) is 532 Å². The zero-order valence-electron chi connectivity index (χ0n) is 76.1. The van der Waals surface area contributed by atoms with Gasteiger partial charge in [-0.1, -0.05) is 20.3 Å². The van der Waals surface area contributed by atoms with E-state index >= 15 is 14.4 Å². The van der Waals surface area contributed by atoms with Crippen molar-refractivity contribution in [1.29, 1.82) is 0 Å². The van der Waals surface area contributed by atoms with Gasteiger partial charge in [0.25, 0.3) is 47.3 Å². The lowest BCUT2D eigenvalue weighted by atomic mass is 9.81. The summed E-state index contributed by atoms with van der Waals surface area (Å²) in [4.78, 5) is 300. The molecule has 8 atom stereocenters. The van der Waals surface area contributed by atoms with Gasteiger partial charge in [0.2, 0.25) is 65.0 Å². The van der Waals surface area contributed by atoms with Gasteiger partial charge < -0.3 is 68.0 Å². The minimum atomic E-state index is -1.68. The van der Waals surface area contributed by atoms with E-state index in [1.165, 1.54) is 89.0 Å². The number of likely N-dealkylation sites (tertiary alicyclic amines) is 1. The molecule has 9 aliphatic rings. The van der Waals surface area contributed by atoms with Crippen LogP contribution in [0.1, 0.15) is 234 Å². The summed E-state index contributed by atoms with van der Waals surface area (Å²) in [7, 11) is 0. The van der Waals surface area contributed by atoms with Gasteiger partial charge in [0.15, 0.2) is 5.78 Å². The molecule has 38 nitrogen and oxygen atoms in total. The first-order chi connectivity index (χ1) is 62.5. The number of nitrogens with one attached hydrogen (secondary N) is 10. The summed E-state index contributed by atoms with van der Waals surface area (Å²) in [5, 5.41) is 38.2. The highest BCUT2D eigenvalue weighted by Gasteiger charge is 2.44. The second-order valence-corrected chi connectivity index (χ2v) is 37.3. The van der Waals surface area contributed by atoms with Gasteiger partial charge in [0, 0.05) is 143 Å². The fourth-order valence-electron chi connectivity index (χ4n) is 18.9. The van der Waals surface area contributed by atoms with Gasteiger partial charge in [0.05, 0.1) is 25.2 Å². The molecule has 0 bridgehead atoms. The Balaban J connectivity index is 0.898. The largest absolute Gasteiger partial charge is 0.391 e. The van der Waals surface area contributed by atoms with Crippen LogP contribution < -0.4 is 53.2 Å². The molecule has 5 aliphatic heterocycles. The van der Waals surface area contributed by atoms with E-state index in [1.54, 1.807) is 13.8 Å². The Bertz CT molecular complexity index is 4280. The molecule has 4 aliphatic carbocycles. The summed E-state index contributed by atoms with van der Waals surface area (Å²) >= 11 is 0. The highest BCUT2D eigenvalue weighted by atomic mass is 16.3. The maximum Gasteiger partial charge on any atom is 0.253 e. The number of unbranched alkanes of at least 4 members (excludes halogenated alkanes) is 3. The zero-order chi connectivity index (χ0) is 95.1. The molecule has 11 N–H and O–H groups in total. The van der Waals surface area contributed by atoms with Crippen LogP contribution >= 0.6 is 0 Å². The van der Waals surface area contributed by atoms with E-state index in [2.05, 4.69) is 53.2 Å². The predicted octanol–water partition coefficient (Wildman–Crippen LogP) is 1.38. The monoisotopic (exact) mass is 1830 g/mol. The van der Waals surface area contributed by atoms with Gasteiger partial charge in [-0.2, -0.15) is 0 Å². The van der Waals surface area contributed by atoms with Crippen molar-refractivity contribution >= 4 is 130 Å². The van der Waals surface area contributed by atoms with Crippen LogP contribution in [-0.4, -0.2) is 267 Å². The van der Waals surface area contributed by atoms with Crippen LogP contribution in [0.5, 0.6) is 0 Å². The number of ketones is 3.